The lowest BCUT2D eigenvalue weighted by molar-refractivity contribution is -0.120. The van der Waals surface area contributed by atoms with E-state index in [4.69, 9.17) is 4.42 Å². The quantitative estimate of drug-likeness (QED) is 0.512. The minimum absolute atomic E-state index is 0.213. The number of furan rings is 1. The Bertz CT molecular complexity index is 571. The van der Waals surface area contributed by atoms with E-state index in [-0.39, 0.29) is 24.0 Å². The number of hydrogen-bond donors (Lipinski definition) is 3. The number of rotatable bonds is 7. The molecule has 2 rings (SSSR count). The number of nitrogens with one attached hydrogen (secondary N) is 3. The molecule has 8 heteroatoms. The number of carbonyl (C=O) groups excluding carboxylic acids is 2. The first kappa shape index (κ1) is 14.5. The molecule has 3 N–H and O–H groups in total. The van der Waals surface area contributed by atoms with Crippen molar-refractivity contribution in [3.05, 3.63) is 42.6 Å². The molecule has 0 saturated heterocycles. The Morgan fingerprint density at radius 1 is 1.19 bits per heavy atom. The van der Waals surface area contributed by atoms with Crippen LogP contribution in [0.15, 0.2) is 41.3 Å². The van der Waals surface area contributed by atoms with E-state index in [9.17, 15) is 9.59 Å². The van der Waals surface area contributed by atoms with Crippen molar-refractivity contribution in [1.29, 1.82) is 0 Å². The minimum atomic E-state index is -0.295. The van der Waals surface area contributed by atoms with Crippen molar-refractivity contribution in [2.75, 3.05) is 12.0 Å². The summed E-state index contributed by atoms with van der Waals surface area (Å²) in [6.45, 7) is 0.384. The maximum Gasteiger partial charge on any atom is 0.286 e. The second-order valence-corrected chi connectivity index (χ2v) is 4.08. The van der Waals surface area contributed by atoms with E-state index in [1.807, 2.05) is 0 Å². The fourth-order valence-electron chi connectivity index (χ4n) is 1.50. The minimum Gasteiger partial charge on any atom is -0.459 e. The van der Waals surface area contributed by atoms with Crippen molar-refractivity contribution in [2.45, 2.75) is 12.8 Å². The summed E-state index contributed by atoms with van der Waals surface area (Å²) in [5, 5.41) is 2.66. The summed E-state index contributed by atoms with van der Waals surface area (Å²) in [6.07, 6.45) is 5.32. The Labute approximate surface area is 120 Å². The number of carbonyl (C=O) groups is 2. The second kappa shape index (κ2) is 7.63. The van der Waals surface area contributed by atoms with Gasteiger partial charge in [0.05, 0.1) is 6.26 Å². The van der Waals surface area contributed by atoms with Crippen LogP contribution in [-0.2, 0) is 4.79 Å². The number of anilines is 1. The van der Waals surface area contributed by atoms with Gasteiger partial charge in [-0.25, -0.2) is 9.97 Å². The lowest BCUT2D eigenvalue weighted by atomic mass is 10.3. The average Bonchev–Trinajstić information content (AvgIpc) is 3.05. The Kier molecular flexibility index (Phi) is 5.27. The highest BCUT2D eigenvalue weighted by Gasteiger charge is 2.07. The van der Waals surface area contributed by atoms with Gasteiger partial charge in [-0.05, 0) is 24.6 Å². The summed E-state index contributed by atoms with van der Waals surface area (Å²) in [5.41, 5.74) is 5.06. The van der Waals surface area contributed by atoms with Crippen LogP contribution >= 0.6 is 0 Å². The normalized spacial score (nSPS) is 9.90. The van der Waals surface area contributed by atoms with E-state index in [0.29, 0.717) is 18.9 Å². The van der Waals surface area contributed by atoms with Crippen molar-refractivity contribution in [2.24, 2.45) is 0 Å². The number of amides is 2. The molecular weight excluding hydrogens is 274 g/mol. The van der Waals surface area contributed by atoms with Gasteiger partial charge in [0.15, 0.2) is 5.76 Å². The van der Waals surface area contributed by atoms with E-state index in [1.54, 1.807) is 30.6 Å². The summed E-state index contributed by atoms with van der Waals surface area (Å²) in [4.78, 5) is 30.8. The lowest BCUT2D eigenvalue weighted by Crippen LogP contribution is -2.31. The SMILES string of the molecule is O=C(CCCNC(=O)c1ccco1)NNc1ncccn1. The van der Waals surface area contributed by atoms with Crippen LogP contribution in [0.4, 0.5) is 5.95 Å². The van der Waals surface area contributed by atoms with Crippen LogP contribution in [0.3, 0.4) is 0 Å². The van der Waals surface area contributed by atoms with Gasteiger partial charge in [0.1, 0.15) is 0 Å². The third-order valence-corrected chi connectivity index (χ3v) is 2.49. The fraction of sp³-hybridized carbons (Fsp3) is 0.231. The topological polar surface area (TPSA) is 109 Å². The average molecular weight is 289 g/mol. The van der Waals surface area contributed by atoms with Gasteiger partial charge >= 0.3 is 0 Å². The van der Waals surface area contributed by atoms with Gasteiger partial charge in [0, 0.05) is 25.4 Å². The summed E-state index contributed by atoms with van der Waals surface area (Å²) < 4.78 is 4.95. The molecule has 2 aromatic heterocycles. The number of hydrogen-bond acceptors (Lipinski definition) is 6. The number of aromatic nitrogens is 2. The van der Waals surface area contributed by atoms with Crippen molar-refractivity contribution in [3.63, 3.8) is 0 Å². The predicted octanol–water partition coefficient (Wildman–Crippen LogP) is 0.723. The molecule has 0 unspecified atom stereocenters. The van der Waals surface area contributed by atoms with Gasteiger partial charge in [-0.3, -0.25) is 20.4 Å². The molecule has 0 aliphatic rings. The molecule has 110 valence electrons. The largest absolute Gasteiger partial charge is 0.459 e. The highest BCUT2D eigenvalue weighted by atomic mass is 16.3. The van der Waals surface area contributed by atoms with Crippen LogP contribution in [0.5, 0.6) is 0 Å². The second-order valence-electron chi connectivity index (χ2n) is 4.08. The van der Waals surface area contributed by atoms with Crippen LogP contribution in [-0.4, -0.2) is 28.3 Å². The monoisotopic (exact) mass is 289 g/mol. The van der Waals surface area contributed by atoms with Gasteiger partial charge in [-0.1, -0.05) is 0 Å². The lowest BCUT2D eigenvalue weighted by Gasteiger charge is -2.06. The summed E-state index contributed by atoms with van der Waals surface area (Å²) in [5.74, 6) is 0.0604. The van der Waals surface area contributed by atoms with Crippen LogP contribution < -0.4 is 16.2 Å². The first-order valence-electron chi connectivity index (χ1n) is 6.39. The maximum atomic E-state index is 11.5. The van der Waals surface area contributed by atoms with Crippen molar-refractivity contribution < 1.29 is 14.0 Å². The molecule has 0 aliphatic heterocycles. The van der Waals surface area contributed by atoms with E-state index >= 15 is 0 Å². The Morgan fingerprint density at radius 3 is 2.71 bits per heavy atom. The molecule has 0 radical (unpaired) electrons. The number of nitrogens with zero attached hydrogens (tertiary/aromatic N) is 2. The molecule has 0 fully saturated rings. The third kappa shape index (κ3) is 4.94. The first-order valence-corrected chi connectivity index (χ1v) is 6.39. The Morgan fingerprint density at radius 2 is 2.00 bits per heavy atom. The standard InChI is InChI=1S/C13H15N5O3/c19-11(17-18-13-15-7-3-8-16-13)5-1-6-14-12(20)10-4-2-9-21-10/h2-4,7-9H,1,5-6H2,(H,14,20)(H,17,19)(H,15,16,18). The first-order chi connectivity index (χ1) is 10.3. The van der Waals surface area contributed by atoms with Crippen molar-refractivity contribution in [1.82, 2.24) is 20.7 Å². The van der Waals surface area contributed by atoms with E-state index in [1.165, 1.54) is 6.26 Å². The predicted molar refractivity (Wildman–Crippen MR) is 74.1 cm³/mol. The van der Waals surface area contributed by atoms with Crippen LogP contribution in [0.25, 0.3) is 0 Å². The highest BCUT2D eigenvalue weighted by Crippen LogP contribution is 1.99. The molecule has 0 bridgehead atoms. The summed E-state index contributed by atoms with van der Waals surface area (Å²) in [7, 11) is 0. The summed E-state index contributed by atoms with van der Waals surface area (Å²) >= 11 is 0. The number of hydrazine groups is 1. The van der Waals surface area contributed by atoms with E-state index in [2.05, 4.69) is 26.1 Å². The molecule has 0 aromatic carbocycles. The molecule has 0 aliphatic carbocycles. The fourth-order valence-corrected chi connectivity index (χ4v) is 1.50. The molecule has 8 nitrogen and oxygen atoms in total. The molecule has 2 aromatic rings. The van der Waals surface area contributed by atoms with Gasteiger partial charge in [-0.15, -0.1) is 0 Å². The maximum absolute atomic E-state index is 11.5. The molecule has 2 heterocycles. The van der Waals surface area contributed by atoms with E-state index in [0.717, 1.165) is 0 Å². The Balaban J connectivity index is 1.58. The molecule has 0 atom stereocenters. The van der Waals surface area contributed by atoms with Crippen molar-refractivity contribution in [3.8, 4) is 0 Å². The third-order valence-electron chi connectivity index (χ3n) is 2.49. The zero-order chi connectivity index (χ0) is 14.9. The van der Waals surface area contributed by atoms with E-state index < -0.39 is 0 Å². The summed E-state index contributed by atoms with van der Waals surface area (Å²) in [6, 6.07) is 4.89. The van der Waals surface area contributed by atoms with Gasteiger partial charge in [0.25, 0.3) is 5.91 Å². The van der Waals surface area contributed by atoms with Crippen LogP contribution in [0.1, 0.15) is 23.4 Å². The van der Waals surface area contributed by atoms with Gasteiger partial charge in [0.2, 0.25) is 11.9 Å². The zero-order valence-corrected chi connectivity index (χ0v) is 11.2. The smallest absolute Gasteiger partial charge is 0.286 e. The molecule has 0 saturated carbocycles. The molecular formula is C13H15N5O3. The highest BCUT2D eigenvalue weighted by molar-refractivity contribution is 5.91. The van der Waals surface area contributed by atoms with Crippen molar-refractivity contribution >= 4 is 17.8 Å². The Hall–Kier alpha value is -2.90. The zero-order valence-electron chi connectivity index (χ0n) is 11.2. The molecule has 0 spiro atoms. The van der Waals surface area contributed by atoms with Crippen LogP contribution in [0, 0.1) is 0 Å². The molecule has 2 amide bonds. The van der Waals surface area contributed by atoms with Crippen LogP contribution in [0.2, 0.25) is 0 Å². The van der Waals surface area contributed by atoms with Gasteiger partial charge < -0.3 is 9.73 Å². The molecule has 21 heavy (non-hydrogen) atoms. The van der Waals surface area contributed by atoms with Gasteiger partial charge in [-0.2, -0.15) is 0 Å².